The van der Waals surface area contributed by atoms with Gasteiger partial charge < -0.3 is 9.80 Å². The van der Waals surface area contributed by atoms with Crippen molar-refractivity contribution in [1.82, 2.24) is 14.9 Å². The molecule has 5 heteroatoms. The molecule has 1 saturated heterocycles. The zero-order valence-corrected chi connectivity index (χ0v) is 10.6. The first-order chi connectivity index (χ1) is 8.08. The standard InChI is InChI=1S/C12H18N4O/c1-9-13-6-4-12(14-9)16-7-5-11(8-16)15(3)10(2)17/h4,6,11H,5,7-8H2,1-3H3. The monoisotopic (exact) mass is 234 g/mol. The third-order valence-electron chi connectivity index (χ3n) is 3.29. The number of nitrogens with zero attached hydrogens (tertiary/aromatic N) is 4. The highest BCUT2D eigenvalue weighted by molar-refractivity contribution is 5.73. The van der Waals surface area contributed by atoms with Gasteiger partial charge in [0.2, 0.25) is 5.91 Å². The average Bonchev–Trinajstić information content (AvgIpc) is 2.77. The summed E-state index contributed by atoms with van der Waals surface area (Å²) >= 11 is 0. The molecule has 1 unspecified atom stereocenters. The maximum absolute atomic E-state index is 11.3. The molecule has 1 fully saturated rings. The molecule has 0 N–H and O–H groups in total. The van der Waals surface area contributed by atoms with E-state index >= 15 is 0 Å². The molecule has 5 nitrogen and oxygen atoms in total. The predicted octanol–water partition coefficient (Wildman–Crippen LogP) is 0.842. The van der Waals surface area contributed by atoms with Crippen molar-refractivity contribution < 1.29 is 4.79 Å². The van der Waals surface area contributed by atoms with Crippen molar-refractivity contribution in [2.75, 3.05) is 25.0 Å². The smallest absolute Gasteiger partial charge is 0.219 e. The van der Waals surface area contributed by atoms with Crippen molar-refractivity contribution in [3.8, 4) is 0 Å². The summed E-state index contributed by atoms with van der Waals surface area (Å²) in [5, 5.41) is 0. The number of carbonyl (C=O) groups is 1. The van der Waals surface area contributed by atoms with E-state index in [1.54, 1.807) is 13.1 Å². The van der Waals surface area contributed by atoms with Crippen LogP contribution in [0.3, 0.4) is 0 Å². The molecular weight excluding hydrogens is 216 g/mol. The maximum Gasteiger partial charge on any atom is 0.219 e. The van der Waals surface area contributed by atoms with E-state index in [1.807, 2.05) is 24.9 Å². The van der Waals surface area contributed by atoms with Crippen LogP contribution in [0.25, 0.3) is 0 Å². The molecule has 2 rings (SSSR count). The van der Waals surface area contributed by atoms with E-state index in [0.717, 1.165) is 31.2 Å². The van der Waals surface area contributed by atoms with Gasteiger partial charge in [0.15, 0.2) is 0 Å². The van der Waals surface area contributed by atoms with Crippen molar-refractivity contribution in [2.24, 2.45) is 0 Å². The Hall–Kier alpha value is -1.65. The average molecular weight is 234 g/mol. The Morgan fingerprint density at radius 1 is 1.59 bits per heavy atom. The summed E-state index contributed by atoms with van der Waals surface area (Å²) in [7, 11) is 1.86. The molecule has 0 bridgehead atoms. The predicted molar refractivity (Wildman–Crippen MR) is 65.8 cm³/mol. The van der Waals surface area contributed by atoms with E-state index in [9.17, 15) is 4.79 Å². The van der Waals surface area contributed by atoms with Gasteiger partial charge in [0.25, 0.3) is 0 Å². The summed E-state index contributed by atoms with van der Waals surface area (Å²) in [6, 6.07) is 2.21. The number of anilines is 1. The number of likely N-dealkylation sites (N-methyl/N-ethyl adjacent to an activating group) is 1. The van der Waals surface area contributed by atoms with Gasteiger partial charge >= 0.3 is 0 Å². The number of hydrogen-bond acceptors (Lipinski definition) is 4. The summed E-state index contributed by atoms with van der Waals surface area (Å²) in [5.41, 5.74) is 0. The van der Waals surface area contributed by atoms with Gasteiger partial charge in [0, 0.05) is 33.3 Å². The lowest BCUT2D eigenvalue weighted by Gasteiger charge is -2.23. The molecule has 2 heterocycles. The van der Waals surface area contributed by atoms with Gasteiger partial charge in [-0.1, -0.05) is 0 Å². The first-order valence-corrected chi connectivity index (χ1v) is 5.86. The second kappa shape index (κ2) is 4.69. The van der Waals surface area contributed by atoms with Crippen LogP contribution in [0, 0.1) is 6.92 Å². The summed E-state index contributed by atoms with van der Waals surface area (Å²) < 4.78 is 0. The molecule has 1 aromatic rings. The molecule has 0 aromatic carbocycles. The van der Waals surface area contributed by atoms with Gasteiger partial charge in [-0.2, -0.15) is 0 Å². The first-order valence-electron chi connectivity index (χ1n) is 5.86. The van der Waals surface area contributed by atoms with Crippen molar-refractivity contribution in [3.05, 3.63) is 18.1 Å². The minimum Gasteiger partial charge on any atom is -0.354 e. The van der Waals surface area contributed by atoms with E-state index in [2.05, 4.69) is 14.9 Å². The van der Waals surface area contributed by atoms with Crippen LogP contribution in [0.5, 0.6) is 0 Å². The van der Waals surface area contributed by atoms with Crippen LogP contribution in [0.1, 0.15) is 19.2 Å². The zero-order valence-electron chi connectivity index (χ0n) is 10.6. The normalized spacial score (nSPS) is 19.5. The van der Waals surface area contributed by atoms with Crippen LogP contribution in [0.2, 0.25) is 0 Å². The lowest BCUT2D eigenvalue weighted by atomic mass is 10.2. The fourth-order valence-corrected chi connectivity index (χ4v) is 2.14. The molecule has 0 aliphatic carbocycles. The Bertz CT molecular complexity index is 421. The Balaban J connectivity index is 2.05. The van der Waals surface area contributed by atoms with E-state index in [1.165, 1.54) is 0 Å². The van der Waals surface area contributed by atoms with Crippen molar-refractivity contribution >= 4 is 11.7 Å². The molecule has 1 aliphatic rings. The largest absolute Gasteiger partial charge is 0.354 e. The minimum atomic E-state index is 0.121. The van der Waals surface area contributed by atoms with E-state index in [4.69, 9.17) is 0 Å². The second-order valence-corrected chi connectivity index (χ2v) is 4.48. The number of carbonyl (C=O) groups excluding carboxylic acids is 1. The Labute approximate surface area is 101 Å². The third kappa shape index (κ3) is 2.54. The van der Waals surface area contributed by atoms with Crippen LogP contribution in [-0.2, 0) is 4.79 Å². The summed E-state index contributed by atoms with van der Waals surface area (Å²) in [4.78, 5) is 23.8. The van der Waals surface area contributed by atoms with Gasteiger partial charge in [-0.15, -0.1) is 0 Å². The van der Waals surface area contributed by atoms with Crippen molar-refractivity contribution in [2.45, 2.75) is 26.3 Å². The van der Waals surface area contributed by atoms with Crippen LogP contribution in [0.15, 0.2) is 12.3 Å². The Morgan fingerprint density at radius 2 is 2.35 bits per heavy atom. The minimum absolute atomic E-state index is 0.121. The fourth-order valence-electron chi connectivity index (χ4n) is 2.14. The van der Waals surface area contributed by atoms with E-state index < -0.39 is 0 Å². The van der Waals surface area contributed by atoms with E-state index in [-0.39, 0.29) is 5.91 Å². The van der Waals surface area contributed by atoms with Crippen LogP contribution >= 0.6 is 0 Å². The zero-order chi connectivity index (χ0) is 12.4. The van der Waals surface area contributed by atoms with Gasteiger partial charge in [0.05, 0.1) is 6.04 Å². The lowest BCUT2D eigenvalue weighted by molar-refractivity contribution is -0.129. The molecule has 0 spiro atoms. The molecule has 92 valence electrons. The maximum atomic E-state index is 11.3. The summed E-state index contributed by atoms with van der Waals surface area (Å²) in [6.07, 6.45) is 2.78. The number of amides is 1. The number of aromatic nitrogens is 2. The quantitative estimate of drug-likeness (QED) is 0.761. The molecule has 1 amide bonds. The Morgan fingerprint density at radius 3 is 3.00 bits per heavy atom. The SMILES string of the molecule is CC(=O)N(C)C1CCN(c2ccnc(C)n2)C1. The number of aryl methyl sites for hydroxylation is 1. The second-order valence-electron chi connectivity index (χ2n) is 4.48. The van der Waals surface area contributed by atoms with Crippen molar-refractivity contribution in [3.63, 3.8) is 0 Å². The van der Waals surface area contributed by atoms with Crippen LogP contribution in [0.4, 0.5) is 5.82 Å². The molecule has 1 aromatic heterocycles. The highest BCUT2D eigenvalue weighted by Crippen LogP contribution is 2.20. The first kappa shape index (κ1) is 11.8. The molecule has 0 radical (unpaired) electrons. The van der Waals surface area contributed by atoms with Gasteiger partial charge in [-0.05, 0) is 19.4 Å². The molecule has 1 atom stereocenters. The topological polar surface area (TPSA) is 49.3 Å². The highest BCUT2D eigenvalue weighted by Gasteiger charge is 2.27. The van der Waals surface area contributed by atoms with Gasteiger partial charge in [0.1, 0.15) is 11.6 Å². The van der Waals surface area contributed by atoms with Crippen LogP contribution in [-0.4, -0.2) is 47.0 Å². The van der Waals surface area contributed by atoms with Gasteiger partial charge in [-0.3, -0.25) is 4.79 Å². The number of hydrogen-bond donors (Lipinski definition) is 0. The Kier molecular flexibility index (Phi) is 3.26. The molecule has 0 saturated carbocycles. The molecule has 1 aliphatic heterocycles. The summed E-state index contributed by atoms with van der Waals surface area (Å²) in [6.45, 7) is 5.29. The third-order valence-corrected chi connectivity index (χ3v) is 3.29. The van der Waals surface area contributed by atoms with Crippen molar-refractivity contribution in [1.29, 1.82) is 0 Å². The fraction of sp³-hybridized carbons (Fsp3) is 0.583. The molecule has 17 heavy (non-hydrogen) atoms. The summed E-state index contributed by atoms with van der Waals surface area (Å²) in [5.74, 6) is 1.86. The lowest BCUT2D eigenvalue weighted by Crippen LogP contribution is -2.37. The van der Waals surface area contributed by atoms with E-state index in [0.29, 0.717) is 6.04 Å². The highest BCUT2D eigenvalue weighted by atomic mass is 16.2. The van der Waals surface area contributed by atoms with Crippen LogP contribution < -0.4 is 4.90 Å². The number of rotatable bonds is 2. The molecular formula is C12H18N4O. The van der Waals surface area contributed by atoms with Gasteiger partial charge in [-0.25, -0.2) is 9.97 Å².